The van der Waals surface area contributed by atoms with E-state index in [-0.39, 0.29) is 23.3 Å². The predicted molar refractivity (Wildman–Crippen MR) is 106 cm³/mol. The van der Waals surface area contributed by atoms with Crippen LogP contribution in [0.3, 0.4) is 0 Å². The van der Waals surface area contributed by atoms with E-state index in [1.165, 1.54) is 4.31 Å². The minimum absolute atomic E-state index is 0.117. The Morgan fingerprint density at radius 1 is 1.15 bits per heavy atom. The van der Waals surface area contributed by atoms with Gasteiger partial charge in [-0.15, -0.1) is 0 Å². The molecule has 0 bridgehead atoms. The van der Waals surface area contributed by atoms with Crippen molar-refractivity contribution in [2.24, 2.45) is 5.92 Å². The number of halogens is 1. The summed E-state index contributed by atoms with van der Waals surface area (Å²) in [5.74, 6) is -0.458. The van der Waals surface area contributed by atoms with Crippen molar-refractivity contribution in [1.29, 1.82) is 0 Å². The monoisotopic (exact) mass is 406 g/mol. The molecule has 1 heterocycles. The zero-order valence-corrected chi connectivity index (χ0v) is 16.8. The molecule has 0 unspecified atom stereocenters. The van der Waals surface area contributed by atoms with Crippen LogP contribution in [0.1, 0.15) is 24.0 Å². The number of nitrogens with zero attached hydrogens (tertiary/aromatic N) is 1. The van der Waals surface area contributed by atoms with Crippen molar-refractivity contribution < 1.29 is 13.2 Å². The lowest BCUT2D eigenvalue weighted by Crippen LogP contribution is -2.45. The highest BCUT2D eigenvalue weighted by atomic mass is 35.5. The second-order valence-corrected chi connectivity index (χ2v) is 9.23. The van der Waals surface area contributed by atoms with Crippen molar-refractivity contribution in [2.75, 3.05) is 13.1 Å². The first kappa shape index (κ1) is 19.9. The van der Waals surface area contributed by atoms with Gasteiger partial charge in [0.2, 0.25) is 15.9 Å². The largest absolute Gasteiger partial charge is 0.352 e. The first-order valence-electron chi connectivity index (χ1n) is 8.95. The summed E-state index contributed by atoms with van der Waals surface area (Å²) in [5.41, 5.74) is 1.96. The molecular formula is C20H23ClN2O3S. The van der Waals surface area contributed by atoms with Crippen LogP contribution in [0.4, 0.5) is 0 Å². The van der Waals surface area contributed by atoms with E-state index in [2.05, 4.69) is 5.32 Å². The molecule has 0 aromatic heterocycles. The third-order valence-electron chi connectivity index (χ3n) is 4.79. The predicted octanol–water partition coefficient (Wildman–Crippen LogP) is 3.37. The molecular weight excluding hydrogens is 384 g/mol. The zero-order chi connectivity index (χ0) is 19.4. The molecule has 3 rings (SSSR count). The Kier molecular flexibility index (Phi) is 6.19. The molecule has 1 atom stereocenters. The number of carbonyl (C=O) groups excluding carboxylic acids is 1. The van der Waals surface area contributed by atoms with E-state index in [4.69, 9.17) is 11.6 Å². The molecule has 2 aromatic carbocycles. The first-order valence-corrected chi connectivity index (χ1v) is 10.8. The summed E-state index contributed by atoms with van der Waals surface area (Å²) in [6.07, 6.45) is 1.36. The van der Waals surface area contributed by atoms with E-state index in [1.54, 1.807) is 36.4 Å². The molecule has 1 aliphatic heterocycles. The summed E-state index contributed by atoms with van der Waals surface area (Å²) >= 11 is 5.86. The number of piperidine rings is 1. The van der Waals surface area contributed by atoms with Crippen molar-refractivity contribution in [3.05, 3.63) is 64.7 Å². The highest BCUT2D eigenvalue weighted by molar-refractivity contribution is 7.89. The van der Waals surface area contributed by atoms with E-state index in [0.29, 0.717) is 31.0 Å². The average molecular weight is 407 g/mol. The normalized spacial score (nSPS) is 18.2. The van der Waals surface area contributed by atoms with Crippen LogP contribution in [0.2, 0.25) is 5.02 Å². The first-order chi connectivity index (χ1) is 12.9. The van der Waals surface area contributed by atoms with E-state index in [1.807, 2.05) is 19.1 Å². The van der Waals surface area contributed by atoms with Crippen LogP contribution < -0.4 is 5.32 Å². The number of benzene rings is 2. The molecule has 0 aliphatic carbocycles. The fourth-order valence-electron chi connectivity index (χ4n) is 3.17. The molecule has 1 amide bonds. The molecule has 0 saturated carbocycles. The summed E-state index contributed by atoms with van der Waals surface area (Å²) in [7, 11) is -3.58. The highest BCUT2D eigenvalue weighted by Crippen LogP contribution is 2.24. The minimum atomic E-state index is -3.58. The van der Waals surface area contributed by atoms with Gasteiger partial charge in [-0.2, -0.15) is 4.31 Å². The number of rotatable bonds is 5. The Morgan fingerprint density at radius 3 is 2.48 bits per heavy atom. The second-order valence-electron chi connectivity index (χ2n) is 6.86. The van der Waals surface area contributed by atoms with Gasteiger partial charge in [-0.3, -0.25) is 4.79 Å². The Balaban J connectivity index is 1.63. The van der Waals surface area contributed by atoms with Crippen molar-refractivity contribution in [2.45, 2.75) is 31.2 Å². The van der Waals surface area contributed by atoms with Gasteiger partial charge in [-0.25, -0.2) is 8.42 Å². The van der Waals surface area contributed by atoms with Gasteiger partial charge < -0.3 is 5.32 Å². The van der Waals surface area contributed by atoms with E-state index < -0.39 is 10.0 Å². The Bertz CT molecular complexity index is 896. The van der Waals surface area contributed by atoms with E-state index in [9.17, 15) is 13.2 Å². The Labute approximate surface area is 165 Å². The number of nitrogens with one attached hydrogen (secondary N) is 1. The maximum absolute atomic E-state index is 12.9. The van der Waals surface area contributed by atoms with Crippen molar-refractivity contribution in [3.63, 3.8) is 0 Å². The van der Waals surface area contributed by atoms with Crippen LogP contribution in [0.5, 0.6) is 0 Å². The number of carbonyl (C=O) groups is 1. The maximum atomic E-state index is 12.9. The van der Waals surface area contributed by atoms with E-state index in [0.717, 1.165) is 11.1 Å². The van der Waals surface area contributed by atoms with Crippen LogP contribution in [0.15, 0.2) is 53.4 Å². The maximum Gasteiger partial charge on any atom is 0.243 e. The Hall–Kier alpha value is -1.89. The van der Waals surface area contributed by atoms with Crippen LogP contribution in [0, 0.1) is 12.8 Å². The zero-order valence-electron chi connectivity index (χ0n) is 15.2. The minimum Gasteiger partial charge on any atom is -0.352 e. The van der Waals surface area contributed by atoms with Gasteiger partial charge in [-0.05, 0) is 49.6 Å². The topological polar surface area (TPSA) is 66.5 Å². The third kappa shape index (κ3) is 4.89. The number of sulfonamides is 1. The molecule has 144 valence electrons. The standard InChI is InChI=1S/C20H23ClN2O3S/c1-15-4-10-19(11-5-15)27(25,26)23-12-2-3-17(14-23)20(24)22-13-16-6-8-18(21)9-7-16/h4-11,17H,2-3,12-14H2,1H3,(H,22,24)/t17-/m0/s1. The summed E-state index contributed by atoms with van der Waals surface area (Å²) in [4.78, 5) is 12.8. The molecule has 27 heavy (non-hydrogen) atoms. The van der Waals surface area contributed by atoms with Crippen molar-refractivity contribution in [3.8, 4) is 0 Å². The molecule has 1 saturated heterocycles. The van der Waals surface area contributed by atoms with Crippen LogP contribution in [0.25, 0.3) is 0 Å². The molecule has 1 aliphatic rings. The number of hydrogen-bond acceptors (Lipinski definition) is 3. The number of aryl methyl sites for hydroxylation is 1. The third-order valence-corrected chi connectivity index (χ3v) is 6.93. The van der Waals surface area contributed by atoms with Crippen LogP contribution in [-0.4, -0.2) is 31.7 Å². The molecule has 2 aromatic rings. The van der Waals surface area contributed by atoms with Gasteiger partial charge in [0, 0.05) is 24.7 Å². The van der Waals surface area contributed by atoms with Crippen molar-refractivity contribution in [1.82, 2.24) is 9.62 Å². The number of amides is 1. The lowest BCUT2D eigenvalue weighted by molar-refractivity contribution is -0.126. The van der Waals surface area contributed by atoms with E-state index >= 15 is 0 Å². The fourth-order valence-corrected chi connectivity index (χ4v) is 4.82. The summed E-state index contributed by atoms with van der Waals surface area (Å²) in [6.45, 7) is 2.97. The molecule has 0 spiro atoms. The Morgan fingerprint density at radius 2 is 1.81 bits per heavy atom. The van der Waals surface area contributed by atoms with Crippen LogP contribution in [-0.2, 0) is 21.4 Å². The average Bonchev–Trinajstić information content (AvgIpc) is 2.68. The quantitative estimate of drug-likeness (QED) is 0.827. The summed E-state index contributed by atoms with van der Waals surface area (Å²) < 4.78 is 27.1. The smallest absolute Gasteiger partial charge is 0.243 e. The van der Waals surface area contributed by atoms with Gasteiger partial charge >= 0.3 is 0 Å². The highest BCUT2D eigenvalue weighted by Gasteiger charge is 2.33. The van der Waals surface area contributed by atoms with Gasteiger partial charge in [0.1, 0.15) is 0 Å². The fraction of sp³-hybridized carbons (Fsp3) is 0.350. The van der Waals surface area contributed by atoms with Gasteiger partial charge in [0.05, 0.1) is 10.8 Å². The molecule has 1 N–H and O–H groups in total. The summed E-state index contributed by atoms with van der Waals surface area (Å²) in [6, 6.07) is 14.1. The summed E-state index contributed by atoms with van der Waals surface area (Å²) in [5, 5.41) is 3.55. The molecule has 5 nitrogen and oxygen atoms in total. The molecule has 0 radical (unpaired) electrons. The number of hydrogen-bond donors (Lipinski definition) is 1. The lowest BCUT2D eigenvalue weighted by Gasteiger charge is -2.31. The van der Waals surface area contributed by atoms with Crippen LogP contribution >= 0.6 is 11.6 Å². The second kappa shape index (κ2) is 8.42. The molecule has 7 heteroatoms. The van der Waals surface area contributed by atoms with Crippen molar-refractivity contribution >= 4 is 27.5 Å². The molecule has 1 fully saturated rings. The SMILES string of the molecule is Cc1ccc(S(=O)(=O)N2CCC[C@H](C(=O)NCc3ccc(Cl)cc3)C2)cc1. The lowest BCUT2D eigenvalue weighted by atomic mass is 9.99. The van der Waals surface area contributed by atoms with Gasteiger partial charge in [0.25, 0.3) is 0 Å². The van der Waals surface area contributed by atoms with Gasteiger partial charge in [0.15, 0.2) is 0 Å². The van der Waals surface area contributed by atoms with Gasteiger partial charge in [-0.1, -0.05) is 41.4 Å².